The van der Waals surface area contributed by atoms with E-state index in [1.807, 2.05) is 0 Å². The second-order valence-corrected chi connectivity index (χ2v) is 3.67. The van der Waals surface area contributed by atoms with Crippen molar-refractivity contribution >= 4 is 29.0 Å². The average molecular weight is 173 g/mol. The van der Waals surface area contributed by atoms with Gasteiger partial charge in [-0.3, -0.25) is 0 Å². The van der Waals surface area contributed by atoms with Crippen molar-refractivity contribution in [1.29, 1.82) is 0 Å². The fourth-order valence-corrected chi connectivity index (χ4v) is 1.66. The summed E-state index contributed by atoms with van der Waals surface area (Å²) in [5.41, 5.74) is 7.77. The molecule has 0 atom stereocenters. The molecule has 10 heavy (non-hydrogen) atoms. The molecule has 1 nitrogen and oxygen atoms in total. The maximum absolute atomic E-state index is 5.72. The molecular formula is C7H11NS2. The van der Waals surface area contributed by atoms with E-state index in [1.165, 1.54) is 12.8 Å². The Balaban J connectivity index is 2.78. The number of hydrogen-bond donors (Lipinski definition) is 2. The van der Waals surface area contributed by atoms with E-state index in [-0.39, 0.29) is 0 Å². The number of nitrogens with two attached hydrogens (primary N) is 1. The van der Waals surface area contributed by atoms with E-state index >= 15 is 0 Å². The molecule has 0 radical (unpaired) electrons. The van der Waals surface area contributed by atoms with Crippen molar-refractivity contribution in [3.63, 3.8) is 0 Å². The van der Waals surface area contributed by atoms with Gasteiger partial charge in [-0.05, 0) is 31.3 Å². The highest BCUT2D eigenvalue weighted by atomic mass is 32.1. The van der Waals surface area contributed by atoms with Crippen LogP contribution in [0.15, 0.2) is 11.3 Å². The van der Waals surface area contributed by atoms with Crippen LogP contribution < -0.4 is 5.73 Å². The van der Waals surface area contributed by atoms with Gasteiger partial charge in [0, 0.05) is 5.70 Å². The van der Waals surface area contributed by atoms with Crippen LogP contribution in [-0.4, -0.2) is 4.20 Å². The maximum Gasteiger partial charge on any atom is 0.0724 e. The Labute approximate surface area is 72.1 Å². The van der Waals surface area contributed by atoms with Crippen LogP contribution in [0.25, 0.3) is 0 Å². The summed E-state index contributed by atoms with van der Waals surface area (Å²) in [7, 11) is 0. The van der Waals surface area contributed by atoms with Crippen LogP contribution in [0.1, 0.15) is 25.7 Å². The van der Waals surface area contributed by atoms with E-state index in [0.29, 0.717) is 4.20 Å². The summed E-state index contributed by atoms with van der Waals surface area (Å²) in [5, 5.41) is 0. The first-order valence-electron chi connectivity index (χ1n) is 3.42. The zero-order valence-electron chi connectivity index (χ0n) is 5.76. The van der Waals surface area contributed by atoms with Crippen LogP contribution in [0.3, 0.4) is 0 Å². The van der Waals surface area contributed by atoms with Gasteiger partial charge in [-0.1, -0.05) is 12.2 Å². The van der Waals surface area contributed by atoms with Crippen LogP contribution in [0.2, 0.25) is 0 Å². The topological polar surface area (TPSA) is 26.0 Å². The summed E-state index contributed by atoms with van der Waals surface area (Å²) in [4.78, 5) is 0. The predicted molar refractivity (Wildman–Crippen MR) is 51.3 cm³/mol. The molecule has 0 fully saturated rings. The highest BCUT2D eigenvalue weighted by molar-refractivity contribution is 8.11. The number of thiol groups is 1. The van der Waals surface area contributed by atoms with Gasteiger partial charge in [-0.25, -0.2) is 0 Å². The Morgan fingerprint density at radius 1 is 1.40 bits per heavy atom. The van der Waals surface area contributed by atoms with Gasteiger partial charge in [0.2, 0.25) is 0 Å². The summed E-state index contributed by atoms with van der Waals surface area (Å²) < 4.78 is 0.678. The van der Waals surface area contributed by atoms with E-state index in [0.717, 1.165) is 24.1 Å². The SMILES string of the molecule is NC1=C(C(=S)S)CCCC1. The molecule has 0 saturated heterocycles. The minimum Gasteiger partial charge on any atom is -0.402 e. The van der Waals surface area contributed by atoms with Gasteiger partial charge in [0.25, 0.3) is 0 Å². The Bertz CT molecular complexity index is 184. The normalized spacial score (nSPS) is 19.3. The Kier molecular flexibility index (Phi) is 2.74. The molecule has 0 amide bonds. The number of allylic oxidation sites excluding steroid dienone is 1. The first-order chi connectivity index (χ1) is 4.72. The molecule has 0 aromatic heterocycles. The molecule has 1 aliphatic carbocycles. The molecule has 1 aliphatic rings. The minimum atomic E-state index is 0.678. The van der Waals surface area contributed by atoms with E-state index < -0.39 is 0 Å². The van der Waals surface area contributed by atoms with Gasteiger partial charge < -0.3 is 5.73 Å². The van der Waals surface area contributed by atoms with Gasteiger partial charge in [0.05, 0.1) is 4.20 Å². The molecule has 0 saturated carbocycles. The molecule has 0 heterocycles. The zero-order chi connectivity index (χ0) is 7.56. The lowest BCUT2D eigenvalue weighted by Crippen LogP contribution is -2.10. The summed E-state index contributed by atoms with van der Waals surface area (Å²) in [5.74, 6) is 0. The molecule has 2 N–H and O–H groups in total. The monoisotopic (exact) mass is 173 g/mol. The van der Waals surface area contributed by atoms with Crippen molar-refractivity contribution < 1.29 is 0 Å². The summed E-state index contributed by atoms with van der Waals surface area (Å²) in [6, 6.07) is 0. The van der Waals surface area contributed by atoms with Crippen molar-refractivity contribution in [2.45, 2.75) is 25.7 Å². The lowest BCUT2D eigenvalue weighted by atomic mass is 9.98. The van der Waals surface area contributed by atoms with Gasteiger partial charge >= 0.3 is 0 Å². The molecule has 56 valence electrons. The molecule has 0 bridgehead atoms. The molecule has 0 aromatic rings. The average Bonchev–Trinajstić information content (AvgIpc) is 1.88. The minimum absolute atomic E-state index is 0.678. The molecule has 3 heteroatoms. The molecule has 0 aromatic carbocycles. The van der Waals surface area contributed by atoms with Crippen LogP contribution >= 0.6 is 24.8 Å². The van der Waals surface area contributed by atoms with Crippen molar-refractivity contribution in [1.82, 2.24) is 0 Å². The molecule has 0 unspecified atom stereocenters. The van der Waals surface area contributed by atoms with Crippen molar-refractivity contribution in [3.05, 3.63) is 11.3 Å². The standard InChI is InChI=1S/C7H11NS2/c8-6-4-2-1-3-5(6)7(9)10/h1-4,8H2,(H,9,10). The van der Waals surface area contributed by atoms with E-state index in [1.54, 1.807) is 0 Å². The summed E-state index contributed by atoms with van der Waals surface area (Å²) >= 11 is 9.01. The lowest BCUT2D eigenvalue weighted by Gasteiger charge is -2.15. The van der Waals surface area contributed by atoms with Crippen molar-refractivity contribution in [3.8, 4) is 0 Å². The summed E-state index contributed by atoms with van der Waals surface area (Å²) in [6.45, 7) is 0. The third-order valence-corrected chi connectivity index (χ3v) is 2.28. The van der Waals surface area contributed by atoms with Crippen LogP contribution in [0.4, 0.5) is 0 Å². The second-order valence-electron chi connectivity index (χ2n) is 2.52. The van der Waals surface area contributed by atoms with Gasteiger partial charge in [0.15, 0.2) is 0 Å². The maximum atomic E-state index is 5.72. The fourth-order valence-electron chi connectivity index (χ4n) is 1.17. The Morgan fingerprint density at radius 3 is 2.40 bits per heavy atom. The Hall–Kier alpha value is -0.0200. The van der Waals surface area contributed by atoms with E-state index in [9.17, 15) is 0 Å². The first kappa shape index (κ1) is 8.08. The second kappa shape index (κ2) is 3.39. The van der Waals surface area contributed by atoms with Crippen LogP contribution in [0.5, 0.6) is 0 Å². The molecular weight excluding hydrogens is 162 g/mol. The predicted octanol–water partition coefficient (Wildman–Crippen LogP) is 2.03. The van der Waals surface area contributed by atoms with Crippen LogP contribution in [-0.2, 0) is 0 Å². The van der Waals surface area contributed by atoms with Gasteiger partial charge in [-0.2, -0.15) is 0 Å². The van der Waals surface area contributed by atoms with Gasteiger partial charge in [-0.15, -0.1) is 12.6 Å². The molecule has 0 spiro atoms. The van der Waals surface area contributed by atoms with Gasteiger partial charge in [0.1, 0.15) is 0 Å². The van der Waals surface area contributed by atoms with Crippen molar-refractivity contribution in [2.75, 3.05) is 0 Å². The quantitative estimate of drug-likeness (QED) is 0.469. The van der Waals surface area contributed by atoms with Crippen molar-refractivity contribution in [2.24, 2.45) is 5.73 Å². The number of hydrogen-bond acceptors (Lipinski definition) is 2. The number of thiocarbonyl (C=S) groups is 1. The fraction of sp³-hybridized carbons (Fsp3) is 0.571. The smallest absolute Gasteiger partial charge is 0.0724 e. The molecule has 1 rings (SSSR count). The largest absolute Gasteiger partial charge is 0.402 e. The van der Waals surface area contributed by atoms with Crippen LogP contribution in [0, 0.1) is 0 Å². The summed E-state index contributed by atoms with van der Waals surface area (Å²) in [6.07, 6.45) is 4.42. The molecule has 0 aliphatic heterocycles. The van der Waals surface area contributed by atoms with E-state index in [2.05, 4.69) is 12.6 Å². The highest BCUT2D eigenvalue weighted by Gasteiger charge is 2.10. The number of rotatable bonds is 1. The Morgan fingerprint density at radius 2 is 2.00 bits per heavy atom. The highest BCUT2D eigenvalue weighted by Crippen LogP contribution is 2.23. The zero-order valence-corrected chi connectivity index (χ0v) is 7.47. The third kappa shape index (κ3) is 1.73. The van der Waals surface area contributed by atoms with E-state index in [4.69, 9.17) is 18.0 Å². The first-order valence-corrected chi connectivity index (χ1v) is 4.28. The lowest BCUT2D eigenvalue weighted by molar-refractivity contribution is 0.684. The third-order valence-electron chi connectivity index (χ3n) is 1.77.